The van der Waals surface area contributed by atoms with Crippen LogP contribution < -0.4 is 4.72 Å². The number of sulfonamides is 1. The number of benzene rings is 1. The summed E-state index contributed by atoms with van der Waals surface area (Å²) in [5, 5.41) is 9.48. The van der Waals surface area contributed by atoms with Crippen LogP contribution in [-0.4, -0.2) is 37.0 Å². The van der Waals surface area contributed by atoms with Crippen molar-refractivity contribution < 1.29 is 18.3 Å². The van der Waals surface area contributed by atoms with Gasteiger partial charge in [-0.2, -0.15) is 11.8 Å². The maximum Gasteiger partial charge on any atom is 0.336 e. The molecule has 1 atom stereocenters. The smallest absolute Gasteiger partial charge is 0.336 e. The van der Waals surface area contributed by atoms with Crippen molar-refractivity contribution in [1.82, 2.24) is 4.72 Å². The number of aromatic carboxylic acids is 1. The Labute approximate surface area is 129 Å². The second-order valence-electron chi connectivity index (χ2n) is 4.96. The number of nitrogens with one attached hydrogen (secondary N) is 1. The molecule has 5 nitrogen and oxygen atoms in total. The molecule has 1 aliphatic heterocycles. The number of carboxylic acids is 1. The summed E-state index contributed by atoms with van der Waals surface area (Å²) in [4.78, 5) is 11.2. The van der Waals surface area contributed by atoms with E-state index in [0.29, 0.717) is 23.8 Å². The first-order chi connectivity index (χ1) is 9.94. The molecule has 0 aromatic heterocycles. The van der Waals surface area contributed by atoms with Gasteiger partial charge in [-0.3, -0.25) is 0 Å². The molecule has 116 valence electrons. The van der Waals surface area contributed by atoms with Crippen molar-refractivity contribution in [3.05, 3.63) is 29.3 Å². The van der Waals surface area contributed by atoms with Crippen LogP contribution in [0.25, 0.3) is 0 Å². The average Bonchev–Trinajstić information content (AvgIpc) is 2.97. The zero-order chi connectivity index (χ0) is 15.5. The largest absolute Gasteiger partial charge is 0.478 e. The lowest BCUT2D eigenvalue weighted by molar-refractivity contribution is 0.0695. The summed E-state index contributed by atoms with van der Waals surface area (Å²) >= 11 is 1.77. The Kier molecular flexibility index (Phi) is 5.29. The third-order valence-electron chi connectivity index (χ3n) is 3.53. The molecule has 0 amide bonds. The highest BCUT2D eigenvalue weighted by molar-refractivity contribution is 8.00. The summed E-state index contributed by atoms with van der Waals surface area (Å²) in [5.41, 5.74) is 0.684. The van der Waals surface area contributed by atoms with Crippen molar-refractivity contribution in [3.8, 4) is 0 Å². The monoisotopic (exact) mass is 329 g/mol. The van der Waals surface area contributed by atoms with Crippen molar-refractivity contribution in [2.24, 2.45) is 0 Å². The van der Waals surface area contributed by atoms with Crippen molar-refractivity contribution >= 4 is 27.8 Å². The molecule has 2 rings (SSSR count). The Morgan fingerprint density at radius 3 is 2.81 bits per heavy atom. The highest BCUT2D eigenvalue weighted by Gasteiger charge is 2.21. The minimum absolute atomic E-state index is 0.0140. The first-order valence-electron chi connectivity index (χ1n) is 6.91. The van der Waals surface area contributed by atoms with Gasteiger partial charge in [0.1, 0.15) is 0 Å². The summed E-state index contributed by atoms with van der Waals surface area (Å²) in [7, 11) is -3.66. The van der Waals surface area contributed by atoms with Crippen molar-refractivity contribution in [1.29, 1.82) is 0 Å². The summed E-state index contributed by atoms with van der Waals surface area (Å²) in [6, 6.07) is 4.28. The fraction of sp³-hybridized carbons (Fsp3) is 0.500. The van der Waals surface area contributed by atoms with E-state index in [0.717, 1.165) is 18.6 Å². The van der Waals surface area contributed by atoms with Gasteiger partial charge in [-0.1, -0.05) is 13.0 Å². The normalized spacial score (nSPS) is 18.8. The minimum atomic E-state index is -3.66. The predicted octanol–water partition coefficient (Wildman–Crippen LogP) is 2.12. The molecule has 0 bridgehead atoms. The number of rotatable bonds is 6. The fourth-order valence-electron chi connectivity index (χ4n) is 2.32. The number of carboxylic acid groups (broad SMARTS) is 1. The van der Waals surface area contributed by atoms with E-state index >= 15 is 0 Å². The predicted molar refractivity (Wildman–Crippen MR) is 83.4 cm³/mol. The highest BCUT2D eigenvalue weighted by atomic mass is 32.2. The molecule has 0 spiro atoms. The van der Waals surface area contributed by atoms with Gasteiger partial charge in [0.25, 0.3) is 0 Å². The quantitative estimate of drug-likeness (QED) is 0.835. The molecule has 1 saturated heterocycles. The van der Waals surface area contributed by atoms with Crippen LogP contribution in [0.2, 0.25) is 0 Å². The minimum Gasteiger partial charge on any atom is -0.478 e. The lowest BCUT2D eigenvalue weighted by Gasteiger charge is -2.12. The Morgan fingerprint density at radius 1 is 1.48 bits per heavy atom. The molecular formula is C14H19NO4S2. The molecular weight excluding hydrogens is 310 g/mol. The Bertz CT molecular complexity index is 622. The lowest BCUT2D eigenvalue weighted by Crippen LogP contribution is -2.30. The van der Waals surface area contributed by atoms with Crippen molar-refractivity contribution in [2.45, 2.75) is 36.3 Å². The van der Waals surface area contributed by atoms with Gasteiger partial charge in [-0.05, 0) is 42.7 Å². The fourth-order valence-corrected chi connectivity index (χ4v) is 4.74. The summed E-state index contributed by atoms with van der Waals surface area (Å²) < 4.78 is 27.1. The Balaban J connectivity index is 2.18. The van der Waals surface area contributed by atoms with Gasteiger partial charge in [0, 0.05) is 11.8 Å². The maximum absolute atomic E-state index is 12.3. The Morgan fingerprint density at radius 2 is 2.24 bits per heavy atom. The number of aryl methyl sites for hydroxylation is 1. The zero-order valence-corrected chi connectivity index (χ0v) is 13.5. The molecule has 2 N–H and O–H groups in total. The van der Waals surface area contributed by atoms with E-state index in [2.05, 4.69) is 4.72 Å². The molecule has 1 unspecified atom stereocenters. The van der Waals surface area contributed by atoms with E-state index in [4.69, 9.17) is 0 Å². The van der Waals surface area contributed by atoms with Gasteiger partial charge in [0.2, 0.25) is 10.0 Å². The molecule has 1 aromatic carbocycles. The first kappa shape index (κ1) is 16.3. The molecule has 1 fully saturated rings. The molecule has 0 saturated carbocycles. The molecule has 1 aromatic rings. The van der Waals surface area contributed by atoms with Crippen LogP contribution in [-0.2, 0) is 16.4 Å². The number of hydrogen-bond donors (Lipinski definition) is 2. The van der Waals surface area contributed by atoms with Crippen LogP contribution in [0.5, 0.6) is 0 Å². The van der Waals surface area contributed by atoms with Crippen LogP contribution in [0.1, 0.15) is 35.7 Å². The summed E-state index contributed by atoms with van der Waals surface area (Å²) in [5.74, 6) is -0.0314. The second kappa shape index (κ2) is 6.81. The van der Waals surface area contributed by atoms with Gasteiger partial charge in [0.15, 0.2) is 0 Å². The van der Waals surface area contributed by atoms with E-state index < -0.39 is 16.0 Å². The molecule has 7 heteroatoms. The lowest BCUT2D eigenvalue weighted by atomic mass is 10.1. The Hall–Kier alpha value is -1.05. The third-order valence-corrected chi connectivity index (χ3v) is 6.35. The molecule has 1 aliphatic rings. The number of hydrogen-bond acceptors (Lipinski definition) is 4. The average molecular weight is 329 g/mol. The van der Waals surface area contributed by atoms with Crippen LogP contribution >= 0.6 is 11.8 Å². The third kappa shape index (κ3) is 3.99. The van der Waals surface area contributed by atoms with E-state index in [9.17, 15) is 18.3 Å². The number of thioether (sulfide) groups is 1. The van der Waals surface area contributed by atoms with Crippen LogP contribution in [0.15, 0.2) is 23.1 Å². The molecule has 0 radical (unpaired) electrons. The van der Waals surface area contributed by atoms with Crippen LogP contribution in [0.3, 0.4) is 0 Å². The second-order valence-corrected chi connectivity index (χ2v) is 8.14. The summed E-state index contributed by atoms with van der Waals surface area (Å²) in [6.45, 7) is 2.23. The van der Waals surface area contributed by atoms with Crippen molar-refractivity contribution in [2.75, 3.05) is 12.3 Å². The zero-order valence-electron chi connectivity index (χ0n) is 11.8. The van der Waals surface area contributed by atoms with Gasteiger partial charge >= 0.3 is 5.97 Å². The van der Waals surface area contributed by atoms with E-state index in [1.165, 1.54) is 12.1 Å². The SMILES string of the molecule is CCc1ccc(S(=O)(=O)NCC2CCCS2)cc1C(=O)O. The maximum atomic E-state index is 12.3. The highest BCUT2D eigenvalue weighted by Crippen LogP contribution is 2.26. The molecule has 1 heterocycles. The van der Waals surface area contributed by atoms with E-state index in [1.54, 1.807) is 17.8 Å². The topological polar surface area (TPSA) is 83.5 Å². The summed E-state index contributed by atoms with van der Waals surface area (Å²) in [6.07, 6.45) is 2.68. The van der Waals surface area contributed by atoms with Crippen molar-refractivity contribution in [3.63, 3.8) is 0 Å². The molecule has 21 heavy (non-hydrogen) atoms. The van der Waals surface area contributed by atoms with Gasteiger partial charge < -0.3 is 5.11 Å². The number of carbonyl (C=O) groups is 1. The van der Waals surface area contributed by atoms with Gasteiger partial charge in [-0.25, -0.2) is 17.9 Å². The standard InChI is InChI=1S/C14H19NO4S2/c1-2-10-5-6-12(8-13(10)14(16)17)21(18,19)15-9-11-4-3-7-20-11/h5-6,8,11,15H,2-4,7,9H2,1H3,(H,16,17). The van der Waals surface area contributed by atoms with E-state index in [-0.39, 0.29) is 10.5 Å². The van der Waals surface area contributed by atoms with Gasteiger partial charge in [0.05, 0.1) is 10.5 Å². The first-order valence-corrected chi connectivity index (χ1v) is 9.44. The van der Waals surface area contributed by atoms with Crippen LogP contribution in [0.4, 0.5) is 0 Å². The van der Waals surface area contributed by atoms with Gasteiger partial charge in [-0.15, -0.1) is 0 Å². The van der Waals surface area contributed by atoms with Crippen LogP contribution in [0, 0.1) is 0 Å². The molecule has 0 aliphatic carbocycles. The van der Waals surface area contributed by atoms with E-state index in [1.807, 2.05) is 6.92 Å².